The van der Waals surface area contributed by atoms with Gasteiger partial charge in [-0.25, -0.2) is 0 Å². The van der Waals surface area contributed by atoms with Crippen molar-refractivity contribution >= 4 is 5.91 Å². The molecule has 6 nitrogen and oxygen atoms in total. The highest BCUT2D eigenvalue weighted by Crippen LogP contribution is 2.42. The number of fused-ring (bicyclic) bond motifs is 2. The second-order valence-electron chi connectivity index (χ2n) is 7.40. The first kappa shape index (κ1) is 18.9. The number of hydrogen-bond acceptors (Lipinski definition) is 5. The van der Waals surface area contributed by atoms with Crippen LogP contribution in [0.2, 0.25) is 0 Å². The van der Waals surface area contributed by atoms with E-state index in [4.69, 9.17) is 14.6 Å². The number of aliphatic hydroxyl groups excluding tert-OH is 1. The van der Waals surface area contributed by atoms with Gasteiger partial charge in [0.2, 0.25) is 5.91 Å². The highest BCUT2D eigenvalue weighted by Gasteiger charge is 2.41. The quantitative estimate of drug-likeness (QED) is 0.857. The molecule has 1 aromatic carbocycles. The highest BCUT2D eigenvalue weighted by atomic mass is 16.5. The van der Waals surface area contributed by atoms with Crippen molar-refractivity contribution in [1.29, 1.82) is 0 Å². The molecule has 0 saturated carbocycles. The van der Waals surface area contributed by atoms with E-state index in [2.05, 4.69) is 17.1 Å². The van der Waals surface area contributed by atoms with E-state index >= 15 is 0 Å². The first-order chi connectivity index (χ1) is 13.7. The molecule has 28 heavy (non-hydrogen) atoms. The zero-order chi connectivity index (χ0) is 19.4. The van der Waals surface area contributed by atoms with Crippen molar-refractivity contribution in [3.63, 3.8) is 0 Å². The van der Waals surface area contributed by atoms with Crippen LogP contribution in [0.4, 0.5) is 0 Å². The van der Waals surface area contributed by atoms with Gasteiger partial charge < -0.3 is 19.5 Å². The summed E-state index contributed by atoms with van der Waals surface area (Å²) in [6.07, 6.45) is 6.83. The second-order valence-corrected chi connectivity index (χ2v) is 7.40. The van der Waals surface area contributed by atoms with Gasteiger partial charge in [0, 0.05) is 31.9 Å². The minimum Gasteiger partial charge on any atom is -0.493 e. The molecular formula is C22H26N2O4. The first-order valence-corrected chi connectivity index (χ1v) is 9.88. The number of hydrogen-bond donors (Lipinski definition) is 1. The minimum absolute atomic E-state index is 0.205. The molecule has 1 aromatic heterocycles. The lowest BCUT2D eigenvalue weighted by Crippen LogP contribution is -2.49. The first-order valence-electron chi connectivity index (χ1n) is 9.88. The predicted octanol–water partition coefficient (Wildman–Crippen LogP) is 2.09. The van der Waals surface area contributed by atoms with Crippen molar-refractivity contribution in [3.05, 3.63) is 59.4 Å². The Balaban J connectivity index is 1.42. The number of rotatable bonds is 5. The number of aliphatic hydroxyl groups is 1. The van der Waals surface area contributed by atoms with Gasteiger partial charge in [0.1, 0.15) is 12.4 Å². The molecule has 0 radical (unpaired) electrons. The Morgan fingerprint density at radius 1 is 1.21 bits per heavy atom. The van der Waals surface area contributed by atoms with Gasteiger partial charge in [0.05, 0.1) is 18.8 Å². The standard InChI is InChI=1S/C22H26N2O4/c25-16-21(26)24-11-7-22(8-12-24)20-2-1-19(15-18(20)6-14-28-22)27-13-5-17-3-9-23-10-4-17/h1-4,9-10,15,25H,5-8,11-14,16H2. The van der Waals surface area contributed by atoms with Crippen LogP contribution >= 0.6 is 0 Å². The number of carbonyl (C=O) groups excluding carboxylic acids is 1. The molecule has 0 atom stereocenters. The number of piperidine rings is 1. The van der Waals surface area contributed by atoms with E-state index in [0.717, 1.165) is 31.4 Å². The van der Waals surface area contributed by atoms with Gasteiger partial charge in [0.15, 0.2) is 0 Å². The Morgan fingerprint density at radius 3 is 2.75 bits per heavy atom. The van der Waals surface area contributed by atoms with Crippen molar-refractivity contribution in [2.75, 3.05) is 32.9 Å². The molecule has 6 heteroatoms. The Hall–Kier alpha value is -2.44. The van der Waals surface area contributed by atoms with Gasteiger partial charge in [-0.1, -0.05) is 6.07 Å². The van der Waals surface area contributed by atoms with Crippen LogP contribution in [0.3, 0.4) is 0 Å². The van der Waals surface area contributed by atoms with Gasteiger partial charge in [-0.05, 0) is 60.2 Å². The summed E-state index contributed by atoms with van der Waals surface area (Å²) < 4.78 is 12.2. The molecule has 2 aromatic rings. The lowest BCUT2D eigenvalue weighted by molar-refractivity contribution is -0.143. The van der Waals surface area contributed by atoms with E-state index in [9.17, 15) is 4.79 Å². The van der Waals surface area contributed by atoms with Crippen LogP contribution < -0.4 is 4.74 Å². The maximum absolute atomic E-state index is 11.7. The van der Waals surface area contributed by atoms with Crippen molar-refractivity contribution in [2.24, 2.45) is 0 Å². The maximum atomic E-state index is 11.7. The SMILES string of the molecule is O=C(CO)N1CCC2(CC1)OCCc1cc(OCCc3ccncc3)ccc12. The third kappa shape index (κ3) is 3.88. The summed E-state index contributed by atoms with van der Waals surface area (Å²) in [5, 5.41) is 9.08. The molecule has 0 bridgehead atoms. The van der Waals surface area contributed by atoms with Gasteiger partial charge in [0.25, 0.3) is 0 Å². The summed E-state index contributed by atoms with van der Waals surface area (Å²) in [4.78, 5) is 17.5. The average Bonchev–Trinajstić information content (AvgIpc) is 2.75. The average molecular weight is 382 g/mol. The Bertz CT molecular complexity index is 817. The normalized spacial score (nSPS) is 18.0. The molecule has 1 N–H and O–H groups in total. The maximum Gasteiger partial charge on any atom is 0.248 e. The molecule has 0 aliphatic carbocycles. The number of amides is 1. The van der Waals surface area contributed by atoms with E-state index in [1.807, 2.05) is 18.2 Å². The molecule has 4 rings (SSSR count). The van der Waals surface area contributed by atoms with Crippen LogP contribution in [-0.4, -0.2) is 53.8 Å². The summed E-state index contributed by atoms with van der Waals surface area (Å²) >= 11 is 0. The number of carbonyl (C=O) groups is 1. The monoisotopic (exact) mass is 382 g/mol. The van der Waals surface area contributed by atoms with Crippen LogP contribution in [0.1, 0.15) is 29.5 Å². The Kier molecular flexibility index (Phi) is 5.59. The van der Waals surface area contributed by atoms with Crippen LogP contribution in [0.25, 0.3) is 0 Å². The van der Waals surface area contributed by atoms with Crippen molar-refractivity contribution in [1.82, 2.24) is 9.88 Å². The number of ether oxygens (including phenoxy) is 2. The zero-order valence-electron chi connectivity index (χ0n) is 16.0. The van der Waals surface area contributed by atoms with Crippen LogP contribution in [-0.2, 0) is 28.0 Å². The third-order valence-corrected chi connectivity index (χ3v) is 5.79. The molecule has 1 amide bonds. The molecule has 148 valence electrons. The number of likely N-dealkylation sites (tertiary alicyclic amines) is 1. The summed E-state index contributed by atoms with van der Waals surface area (Å²) in [6.45, 7) is 2.11. The van der Waals surface area contributed by atoms with E-state index < -0.39 is 6.61 Å². The largest absolute Gasteiger partial charge is 0.493 e. The Labute approximate surface area is 165 Å². The highest BCUT2D eigenvalue weighted by molar-refractivity contribution is 5.77. The van der Waals surface area contributed by atoms with Gasteiger partial charge >= 0.3 is 0 Å². The number of pyridine rings is 1. The topological polar surface area (TPSA) is 71.9 Å². The van der Waals surface area contributed by atoms with Crippen LogP contribution in [0, 0.1) is 0 Å². The van der Waals surface area contributed by atoms with Crippen molar-refractivity contribution < 1.29 is 19.4 Å². The summed E-state index contributed by atoms with van der Waals surface area (Å²) in [7, 11) is 0. The lowest BCUT2D eigenvalue weighted by Gasteiger charge is -2.45. The molecule has 0 unspecified atom stereocenters. The molecule has 1 spiro atoms. The lowest BCUT2D eigenvalue weighted by atomic mass is 9.79. The number of aromatic nitrogens is 1. The van der Waals surface area contributed by atoms with Crippen molar-refractivity contribution in [2.45, 2.75) is 31.3 Å². The smallest absolute Gasteiger partial charge is 0.248 e. The zero-order valence-corrected chi connectivity index (χ0v) is 16.0. The predicted molar refractivity (Wildman–Crippen MR) is 104 cm³/mol. The fourth-order valence-corrected chi connectivity index (χ4v) is 4.21. The summed E-state index contributed by atoms with van der Waals surface area (Å²) in [5.41, 5.74) is 3.38. The van der Waals surface area contributed by atoms with Gasteiger partial charge in [-0.15, -0.1) is 0 Å². The number of nitrogens with zero attached hydrogens (tertiary/aromatic N) is 2. The van der Waals surface area contributed by atoms with Crippen LogP contribution in [0.5, 0.6) is 5.75 Å². The van der Waals surface area contributed by atoms with Crippen molar-refractivity contribution in [3.8, 4) is 5.75 Å². The molecule has 2 aliphatic heterocycles. The fourth-order valence-electron chi connectivity index (χ4n) is 4.21. The van der Waals surface area contributed by atoms with Gasteiger partial charge in [-0.2, -0.15) is 0 Å². The van der Waals surface area contributed by atoms with E-state index in [1.54, 1.807) is 17.3 Å². The summed E-state index contributed by atoms with van der Waals surface area (Å²) in [5.74, 6) is 0.682. The van der Waals surface area contributed by atoms with Crippen LogP contribution in [0.15, 0.2) is 42.7 Å². The van der Waals surface area contributed by atoms with E-state index in [-0.39, 0.29) is 11.5 Å². The summed E-state index contributed by atoms with van der Waals surface area (Å²) in [6, 6.07) is 10.3. The molecular weight excluding hydrogens is 356 g/mol. The van der Waals surface area contributed by atoms with E-state index in [1.165, 1.54) is 16.7 Å². The molecule has 2 aliphatic rings. The molecule has 1 saturated heterocycles. The second kappa shape index (κ2) is 8.29. The minimum atomic E-state index is -0.426. The van der Waals surface area contributed by atoms with Gasteiger partial charge in [-0.3, -0.25) is 9.78 Å². The Morgan fingerprint density at radius 2 is 2.00 bits per heavy atom. The third-order valence-electron chi connectivity index (χ3n) is 5.79. The molecule has 1 fully saturated rings. The fraction of sp³-hybridized carbons (Fsp3) is 0.455. The number of benzene rings is 1. The molecule has 3 heterocycles. The van der Waals surface area contributed by atoms with E-state index in [0.29, 0.717) is 26.3 Å².